The Hall–Kier alpha value is -0.830. The number of aryl methyl sites for hydroxylation is 1. The molecule has 0 aliphatic heterocycles. The first-order valence-corrected chi connectivity index (χ1v) is 8.04. The Morgan fingerprint density at radius 2 is 1.85 bits per heavy atom. The highest BCUT2D eigenvalue weighted by Crippen LogP contribution is 2.33. The molecule has 0 saturated heterocycles. The van der Waals surface area contributed by atoms with Crippen LogP contribution in [0.2, 0.25) is 5.02 Å². The molecule has 0 radical (unpaired) electrons. The Balaban J connectivity index is 2.34. The zero-order valence-corrected chi connectivity index (χ0v) is 14.1. The van der Waals surface area contributed by atoms with E-state index in [9.17, 15) is 0 Å². The minimum absolute atomic E-state index is 0.107. The Labute approximate surface area is 134 Å². The number of benzene rings is 2. The van der Waals surface area contributed by atoms with Crippen LogP contribution in [0.1, 0.15) is 36.1 Å². The normalized spacial score (nSPS) is 12.4. The molecule has 0 bridgehead atoms. The van der Waals surface area contributed by atoms with Gasteiger partial charge in [-0.25, -0.2) is 0 Å². The Morgan fingerprint density at radius 1 is 1.15 bits per heavy atom. The highest BCUT2D eigenvalue weighted by Gasteiger charge is 2.16. The summed E-state index contributed by atoms with van der Waals surface area (Å²) in [6.45, 7) is 2.20. The van der Waals surface area contributed by atoms with E-state index in [2.05, 4.69) is 58.5 Å². The van der Waals surface area contributed by atoms with Crippen molar-refractivity contribution in [2.75, 3.05) is 7.05 Å². The standard InChI is InChI=1S/C17H19BrClN/c1-3-5-12-8-10-13(11-9-12)17(20-2)14-6-4-7-15(18)16(14)19/h4,6-11,17,20H,3,5H2,1-2H3. The Morgan fingerprint density at radius 3 is 2.45 bits per heavy atom. The summed E-state index contributed by atoms with van der Waals surface area (Å²) >= 11 is 9.90. The van der Waals surface area contributed by atoms with E-state index in [1.807, 2.05) is 19.2 Å². The molecule has 106 valence electrons. The monoisotopic (exact) mass is 351 g/mol. The summed E-state index contributed by atoms with van der Waals surface area (Å²) in [4.78, 5) is 0. The first kappa shape index (κ1) is 15.6. The van der Waals surface area contributed by atoms with E-state index < -0.39 is 0 Å². The number of hydrogen-bond acceptors (Lipinski definition) is 1. The van der Waals surface area contributed by atoms with Crippen molar-refractivity contribution < 1.29 is 0 Å². The third-order valence-electron chi connectivity index (χ3n) is 3.43. The van der Waals surface area contributed by atoms with Crippen molar-refractivity contribution in [3.63, 3.8) is 0 Å². The van der Waals surface area contributed by atoms with Gasteiger partial charge in [0.25, 0.3) is 0 Å². The van der Waals surface area contributed by atoms with Crippen molar-refractivity contribution in [1.82, 2.24) is 5.32 Å². The van der Waals surface area contributed by atoms with Crippen LogP contribution in [0.3, 0.4) is 0 Å². The van der Waals surface area contributed by atoms with Gasteiger partial charge in [-0.15, -0.1) is 0 Å². The first-order valence-electron chi connectivity index (χ1n) is 6.87. The van der Waals surface area contributed by atoms with Crippen molar-refractivity contribution >= 4 is 27.5 Å². The topological polar surface area (TPSA) is 12.0 Å². The molecule has 1 N–H and O–H groups in total. The second-order valence-electron chi connectivity index (χ2n) is 4.86. The molecule has 1 nitrogen and oxygen atoms in total. The minimum atomic E-state index is 0.107. The van der Waals surface area contributed by atoms with Crippen molar-refractivity contribution in [3.05, 3.63) is 68.7 Å². The maximum Gasteiger partial charge on any atom is 0.0599 e. The van der Waals surface area contributed by atoms with Crippen LogP contribution in [0.5, 0.6) is 0 Å². The van der Waals surface area contributed by atoms with Crippen molar-refractivity contribution in [1.29, 1.82) is 0 Å². The fraction of sp³-hybridized carbons (Fsp3) is 0.294. The van der Waals surface area contributed by atoms with Gasteiger partial charge in [-0.05, 0) is 52.2 Å². The average molecular weight is 353 g/mol. The van der Waals surface area contributed by atoms with Gasteiger partial charge in [-0.2, -0.15) is 0 Å². The summed E-state index contributed by atoms with van der Waals surface area (Å²) in [7, 11) is 1.96. The maximum absolute atomic E-state index is 6.41. The van der Waals surface area contributed by atoms with E-state index >= 15 is 0 Å². The lowest BCUT2D eigenvalue weighted by Crippen LogP contribution is -2.18. The highest BCUT2D eigenvalue weighted by molar-refractivity contribution is 9.10. The quantitative estimate of drug-likeness (QED) is 0.763. The van der Waals surface area contributed by atoms with Crippen LogP contribution in [-0.4, -0.2) is 7.05 Å². The second-order valence-corrected chi connectivity index (χ2v) is 6.09. The zero-order chi connectivity index (χ0) is 14.5. The summed E-state index contributed by atoms with van der Waals surface area (Å²) in [5.74, 6) is 0. The summed E-state index contributed by atoms with van der Waals surface area (Å²) < 4.78 is 0.930. The van der Waals surface area contributed by atoms with Gasteiger partial charge in [0.05, 0.1) is 11.1 Å². The molecule has 2 rings (SSSR count). The molecular weight excluding hydrogens is 334 g/mol. The fourth-order valence-corrected chi connectivity index (χ4v) is 3.03. The second kappa shape index (κ2) is 7.26. The SMILES string of the molecule is CCCc1ccc(C(NC)c2cccc(Br)c2Cl)cc1. The van der Waals surface area contributed by atoms with E-state index in [-0.39, 0.29) is 6.04 Å². The molecule has 0 spiro atoms. The molecule has 0 aliphatic carbocycles. The van der Waals surface area contributed by atoms with Crippen LogP contribution < -0.4 is 5.32 Å². The average Bonchev–Trinajstić information content (AvgIpc) is 2.46. The summed E-state index contributed by atoms with van der Waals surface area (Å²) in [6, 6.07) is 14.9. The smallest absolute Gasteiger partial charge is 0.0599 e. The van der Waals surface area contributed by atoms with Gasteiger partial charge in [-0.1, -0.05) is 61.3 Å². The molecule has 1 unspecified atom stereocenters. The lowest BCUT2D eigenvalue weighted by atomic mass is 9.97. The lowest BCUT2D eigenvalue weighted by Gasteiger charge is -2.19. The molecule has 0 fully saturated rings. The van der Waals surface area contributed by atoms with Gasteiger partial charge < -0.3 is 5.32 Å². The summed E-state index contributed by atoms with van der Waals surface area (Å²) in [5, 5.41) is 4.12. The number of rotatable bonds is 5. The van der Waals surface area contributed by atoms with Crippen molar-refractivity contribution in [3.8, 4) is 0 Å². The minimum Gasteiger partial charge on any atom is -0.309 e. The first-order chi connectivity index (χ1) is 9.67. The van der Waals surface area contributed by atoms with Crippen LogP contribution in [0.25, 0.3) is 0 Å². The Kier molecular flexibility index (Phi) is 5.64. The van der Waals surface area contributed by atoms with E-state index in [1.54, 1.807) is 0 Å². The molecule has 3 heteroatoms. The molecule has 20 heavy (non-hydrogen) atoms. The lowest BCUT2D eigenvalue weighted by molar-refractivity contribution is 0.691. The molecule has 0 aromatic heterocycles. The van der Waals surface area contributed by atoms with Crippen LogP contribution in [0.15, 0.2) is 46.9 Å². The molecule has 2 aromatic rings. The molecule has 0 aliphatic rings. The van der Waals surface area contributed by atoms with Gasteiger partial charge in [-0.3, -0.25) is 0 Å². The summed E-state index contributed by atoms with van der Waals surface area (Å²) in [5.41, 5.74) is 3.70. The van der Waals surface area contributed by atoms with E-state index in [0.29, 0.717) is 0 Å². The van der Waals surface area contributed by atoms with Crippen LogP contribution in [0, 0.1) is 0 Å². The van der Waals surface area contributed by atoms with Gasteiger partial charge in [0, 0.05) is 4.47 Å². The largest absolute Gasteiger partial charge is 0.309 e. The van der Waals surface area contributed by atoms with Crippen molar-refractivity contribution in [2.45, 2.75) is 25.8 Å². The molecule has 1 atom stereocenters. The van der Waals surface area contributed by atoms with E-state index in [0.717, 1.165) is 21.5 Å². The number of hydrogen-bond donors (Lipinski definition) is 1. The number of nitrogens with one attached hydrogen (secondary N) is 1. The molecular formula is C17H19BrClN. The predicted octanol–water partition coefficient (Wildman–Crippen LogP) is 5.36. The van der Waals surface area contributed by atoms with Gasteiger partial charge in [0.15, 0.2) is 0 Å². The van der Waals surface area contributed by atoms with E-state index in [4.69, 9.17) is 11.6 Å². The Bertz CT molecular complexity index is 566. The highest BCUT2D eigenvalue weighted by atomic mass is 79.9. The zero-order valence-electron chi connectivity index (χ0n) is 11.8. The number of halogens is 2. The van der Waals surface area contributed by atoms with Gasteiger partial charge in [0.2, 0.25) is 0 Å². The van der Waals surface area contributed by atoms with Crippen LogP contribution in [-0.2, 0) is 6.42 Å². The predicted molar refractivity (Wildman–Crippen MR) is 90.5 cm³/mol. The molecule has 2 aromatic carbocycles. The maximum atomic E-state index is 6.41. The fourth-order valence-electron chi connectivity index (χ4n) is 2.41. The summed E-state index contributed by atoms with van der Waals surface area (Å²) in [6.07, 6.45) is 2.30. The molecule has 0 amide bonds. The third-order valence-corrected chi connectivity index (χ3v) is 4.74. The van der Waals surface area contributed by atoms with Gasteiger partial charge in [0.1, 0.15) is 0 Å². The van der Waals surface area contributed by atoms with E-state index in [1.165, 1.54) is 17.5 Å². The molecule has 0 saturated carbocycles. The van der Waals surface area contributed by atoms with Crippen LogP contribution in [0.4, 0.5) is 0 Å². The van der Waals surface area contributed by atoms with Gasteiger partial charge >= 0.3 is 0 Å². The van der Waals surface area contributed by atoms with Crippen molar-refractivity contribution in [2.24, 2.45) is 0 Å². The third kappa shape index (κ3) is 3.43. The molecule has 0 heterocycles. The van der Waals surface area contributed by atoms with Crippen LogP contribution >= 0.6 is 27.5 Å².